The molecule has 0 atom stereocenters. The lowest BCUT2D eigenvalue weighted by molar-refractivity contribution is -0.384. The maximum absolute atomic E-state index is 12.3. The van der Waals surface area contributed by atoms with Crippen molar-refractivity contribution in [3.05, 3.63) is 44.8 Å². The third-order valence-electron chi connectivity index (χ3n) is 3.18. The van der Waals surface area contributed by atoms with Crippen molar-refractivity contribution < 1.29 is 24.0 Å². The number of nitrogens with one attached hydrogen (secondary N) is 1. The second kappa shape index (κ2) is 8.40. The maximum Gasteiger partial charge on any atom is 0.294 e. The number of hydrogen-bond donors (Lipinski definition) is 1. The number of thioether (sulfide) groups is 1. The molecule has 132 valence electrons. The van der Waals surface area contributed by atoms with E-state index in [1.807, 2.05) is 0 Å². The van der Waals surface area contributed by atoms with E-state index in [2.05, 4.69) is 5.32 Å². The molecule has 0 radical (unpaired) electrons. The summed E-state index contributed by atoms with van der Waals surface area (Å²) in [7, 11) is 1.49. The first kappa shape index (κ1) is 18.6. The van der Waals surface area contributed by atoms with Gasteiger partial charge in [-0.1, -0.05) is 12.1 Å². The van der Waals surface area contributed by atoms with E-state index >= 15 is 0 Å². The Labute approximate surface area is 147 Å². The van der Waals surface area contributed by atoms with Crippen molar-refractivity contribution in [2.24, 2.45) is 0 Å². The molecule has 1 aromatic carbocycles. The number of carbonyl (C=O) groups excluding carboxylic acids is 3. The minimum absolute atomic E-state index is 0.107. The normalized spacial score (nSPS) is 15.7. The van der Waals surface area contributed by atoms with E-state index in [0.29, 0.717) is 23.9 Å². The van der Waals surface area contributed by atoms with Gasteiger partial charge in [-0.3, -0.25) is 29.4 Å². The van der Waals surface area contributed by atoms with E-state index < -0.39 is 22.0 Å². The molecule has 1 heterocycles. The number of amides is 3. The van der Waals surface area contributed by atoms with Gasteiger partial charge in [-0.2, -0.15) is 0 Å². The first-order chi connectivity index (χ1) is 11.9. The predicted molar refractivity (Wildman–Crippen MR) is 90.7 cm³/mol. The topological polar surface area (TPSA) is 119 Å². The van der Waals surface area contributed by atoms with Crippen molar-refractivity contribution >= 4 is 40.6 Å². The lowest BCUT2D eigenvalue weighted by Gasteiger charge is -2.12. The van der Waals surface area contributed by atoms with E-state index in [1.165, 1.54) is 31.4 Å². The standard InChI is InChI=1S/C15H15N3O6S/c1-24-6-5-16-13(19)9-17-14(20)12(25-15(17)21)8-10-3-2-4-11(7-10)18(22)23/h2-4,7-8H,5-6,9H2,1H3,(H,16,19)/b12-8-. The van der Waals surface area contributed by atoms with Gasteiger partial charge in [0.25, 0.3) is 16.8 Å². The molecule has 25 heavy (non-hydrogen) atoms. The molecule has 1 aliphatic heterocycles. The molecule has 1 N–H and O–H groups in total. The first-order valence-electron chi connectivity index (χ1n) is 7.18. The Balaban J connectivity index is 2.08. The van der Waals surface area contributed by atoms with Crippen molar-refractivity contribution in [1.82, 2.24) is 10.2 Å². The highest BCUT2D eigenvalue weighted by Crippen LogP contribution is 2.32. The molecule has 1 saturated heterocycles. The molecule has 1 aromatic rings. The molecule has 0 aromatic heterocycles. The maximum atomic E-state index is 12.3. The number of imide groups is 1. The van der Waals surface area contributed by atoms with Gasteiger partial charge in [-0.05, 0) is 23.4 Å². The summed E-state index contributed by atoms with van der Waals surface area (Å²) >= 11 is 0.685. The third kappa shape index (κ3) is 4.88. The fraction of sp³-hybridized carbons (Fsp3) is 0.267. The average Bonchev–Trinajstić information content (AvgIpc) is 2.83. The van der Waals surface area contributed by atoms with E-state index in [0.717, 1.165) is 4.90 Å². The molecule has 2 rings (SSSR count). The van der Waals surface area contributed by atoms with Crippen LogP contribution >= 0.6 is 11.8 Å². The summed E-state index contributed by atoms with van der Waals surface area (Å²) in [5.41, 5.74) is 0.301. The number of nitrogens with zero attached hydrogens (tertiary/aromatic N) is 2. The van der Waals surface area contributed by atoms with E-state index in [1.54, 1.807) is 6.07 Å². The Bertz CT molecular complexity index is 749. The molecule has 1 aliphatic rings. The molecule has 9 nitrogen and oxygen atoms in total. The molecular weight excluding hydrogens is 350 g/mol. The molecule has 1 fully saturated rings. The van der Waals surface area contributed by atoms with Crippen molar-refractivity contribution in [3.8, 4) is 0 Å². The van der Waals surface area contributed by atoms with Gasteiger partial charge in [0, 0.05) is 25.8 Å². The van der Waals surface area contributed by atoms with Crippen LogP contribution in [0.3, 0.4) is 0 Å². The smallest absolute Gasteiger partial charge is 0.294 e. The second-order valence-electron chi connectivity index (χ2n) is 4.96. The number of hydrogen-bond acceptors (Lipinski definition) is 7. The number of methoxy groups -OCH3 is 1. The van der Waals surface area contributed by atoms with Crippen LogP contribution in [0.5, 0.6) is 0 Å². The SMILES string of the molecule is COCCNC(=O)CN1C(=O)S/C(=C\c2cccc([N+](=O)[O-])c2)C1=O. The highest BCUT2D eigenvalue weighted by molar-refractivity contribution is 8.18. The van der Waals surface area contributed by atoms with Crippen LogP contribution in [0.4, 0.5) is 10.5 Å². The van der Waals surface area contributed by atoms with Crippen molar-refractivity contribution in [1.29, 1.82) is 0 Å². The molecule has 3 amide bonds. The van der Waals surface area contributed by atoms with Crippen LogP contribution in [-0.4, -0.2) is 53.7 Å². The molecule has 0 aliphatic carbocycles. The summed E-state index contributed by atoms with van der Waals surface area (Å²) in [5, 5.41) is 12.7. The summed E-state index contributed by atoms with van der Waals surface area (Å²) in [4.78, 5) is 47.1. The van der Waals surface area contributed by atoms with E-state index in [4.69, 9.17) is 4.74 Å². The molecule has 0 saturated carbocycles. The number of nitro groups is 1. The Morgan fingerprint density at radius 2 is 2.20 bits per heavy atom. The highest BCUT2D eigenvalue weighted by atomic mass is 32.2. The van der Waals surface area contributed by atoms with Gasteiger partial charge in [0.1, 0.15) is 6.54 Å². The molecule has 0 unspecified atom stereocenters. The van der Waals surface area contributed by atoms with Crippen LogP contribution < -0.4 is 5.32 Å². The summed E-state index contributed by atoms with van der Waals surface area (Å²) in [5.74, 6) is -1.08. The summed E-state index contributed by atoms with van der Waals surface area (Å²) in [6.07, 6.45) is 1.39. The van der Waals surface area contributed by atoms with Crippen molar-refractivity contribution in [2.75, 3.05) is 26.8 Å². The molecule has 0 bridgehead atoms. The highest BCUT2D eigenvalue weighted by Gasteiger charge is 2.36. The largest absolute Gasteiger partial charge is 0.383 e. The lowest BCUT2D eigenvalue weighted by Crippen LogP contribution is -2.40. The zero-order chi connectivity index (χ0) is 18.4. The van der Waals surface area contributed by atoms with Crippen LogP contribution in [0.2, 0.25) is 0 Å². The van der Waals surface area contributed by atoms with Gasteiger partial charge < -0.3 is 10.1 Å². The summed E-state index contributed by atoms with van der Waals surface area (Å²) < 4.78 is 4.79. The van der Waals surface area contributed by atoms with E-state index in [9.17, 15) is 24.5 Å². The Morgan fingerprint density at radius 3 is 2.88 bits per heavy atom. The zero-order valence-corrected chi connectivity index (χ0v) is 14.1. The fourth-order valence-electron chi connectivity index (χ4n) is 2.01. The van der Waals surface area contributed by atoms with Gasteiger partial charge in [0.2, 0.25) is 5.91 Å². The quantitative estimate of drug-likeness (QED) is 0.336. The van der Waals surface area contributed by atoms with Crippen molar-refractivity contribution in [2.45, 2.75) is 0 Å². The summed E-state index contributed by atoms with van der Waals surface area (Å²) in [6.45, 7) is 0.204. The van der Waals surface area contributed by atoms with Gasteiger partial charge in [0.15, 0.2) is 0 Å². The van der Waals surface area contributed by atoms with Crippen LogP contribution in [0.25, 0.3) is 6.08 Å². The number of rotatable bonds is 7. The van der Waals surface area contributed by atoms with Crippen LogP contribution in [0.15, 0.2) is 29.2 Å². The molecular formula is C15H15N3O6S. The fourth-order valence-corrected chi connectivity index (χ4v) is 2.85. The number of non-ortho nitro benzene ring substituents is 1. The van der Waals surface area contributed by atoms with Gasteiger partial charge in [-0.25, -0.2) is 0 Å². The van der Waals surface area contributed by atoms with Gasteiger partial charge in [0.05, 0.1) is 16.4 Å². The van der Waals surface area contributed by atoms with E-state index in [-0.39, 0.29) is 23.7 Å². The van der Waals surface area contributed by atoms with Crippen LogP contribution in [-0.2, 0) is 14.3 Å². The molecule has 0 spiro atoms. The summed E-state index contributed by atoms with van der Waals surface area (Å²) in [6, 6.07) is 5.69. The zero-order valence-electron chi connectivity index (χ0n) is 13.3. The van der Waals surface area contributed by atoms with Crippen molar-refractivity contribution in [3.63, 3.8) is 0 Å². The first-order valence-corrected chi connectivity index (χ1v) is 7.99. The Morgan fingerprint density at radius 1 is 1.44 bits per heavy atom. The lowest BCUT2D eigenvalue weighted by atomic mass is 10.2. The number of ether oxygens (including phenoxy) is 1. The van der Waals surface area contributed by atoms with Gasteiger partial charge >= 0.3 is 0 Å². The average molecular weight is 365 g/mol. The number of carbonyl (C=O) groups is 3. The van der Waals surface area contributed by atoms with Crippen LogP contribution in [0.1, 0.15) is 5.56 Å². The third-order valence-corrected chi connectivity index (χ3v) is 4.09. The second-order valence-corrected chi connectivity index (χ2v) is 5.96. The minimum atomic E-state index is -0.608. The predicted octanol–water partition coefficient (Wildman–Crippen LogP) is 1.39. The number of benzene rings is 1. The Hall–Kier alpha value is -2.72. The number of nitro benzene ring substituents is 1. The Kier molecular flexibility index (Phi) is 6.25. The molecule has 10 heteroatoms. The monoisotopic (exact) mass is 365 g/mol. The minimum Gasteiger partial charge on any atom is -0.383 e. The van der Waals surface area contributed by atoms with Gasteiger partial charge in [-0.15, -0.1) is 0 Å². The van der Waals surface area contributed by atoms with Crippen LogP contribution in [0, 0.1) is 10.1 Å².